The van der Waals surface area contributed by atoms with E-state index in [1.165, 1.54) is 10.4 Å². The van der Waals surface area contributed by atoms with Crippen LogP contribution in [0.25, 0.3) is 0 Å². The maximum absolute atomic E-state index is 6.00. The van der Waals surface area contributed by atoms with Crippen LogP contribution in [-0.4, -0.2) is 29.1 Å². The molecule has 2 aromatic rings. The quantitative estimate of drug-likeness (QED) is 0.902. The van der Waals surface area contributed by atoms with Crippen LogP contribution in [0.3, 0.4) is 0 Å². The number of hydrogen-bond donors (Lipinski definition) is 1. The number of aromatic nitrogens is 1. The lowest BCUT2D eigenvalue weighted by Crippen LogP contribution is -2.44. The topological polar surface area (TPSA) is 51.4 Å². The SMILES string of the molecule is CC1C(c2ccc(Br)cc2)OCCN1Cc1cnc(N)s1. The van der Waals surface area contributed by atoms with Crippen molar-refractivity contribution in [2.45, 2.75) is 25.6 Å². The summed E-state index contributed by atoms with van der Waals surface area (Å²) in [5, 5.41) is 0.635. The Balaban J connectivity index is 1.73. The second-order valence-electron chi connectivity index (χ2n) is 5.22. The summed E-state index contributed by atoms with van der Waals surface area (Å²) < 4.78 is 7.08. The minimum absolute atomic E-state index is 0.108. The molecule has 2 atom stereocenters. The van der Waals surface area contributed by atoms with Crippen LogP contribution < -0.4 is 5.73 Å². The molecule has 1 aromatic carbocycles. The number of hydrogen-bond acceptors (Lipinski definition) is 5. The van der Waals surface area contributed by atoms with Gasteiger partial charge in [-0.05, 0) is 24.6 Å². The van der Waals surface area contributed by atoms with Crippen LogP contribution in [-0.2, 0) is 11.3 Å². The van der Waals surface area contributed by atoms with Gasteiger partial charge >= 0.3 is 0 Å². The first-order valence-corrected chi connectivity index (χ1v) is 8.56. The van der Waals surface area contributed by atoms with Crippen LogP contribution in [0, 0.1) is 0 Å². The third-order valence-corrected chi connectivity index (χ3v) is 5.16. The number of nitrogen functional groups attached to an aromatic ring is 1. The molecule has 2 heterocycles. The maximum atomic E-state index is 6.00. The number of halogens is 1. The van der Waals surface area contributed by atoms with Crippen molar-refractivity contribution in [1.29, 1.82) is 0 Å². The first kappa shape index (κ1) is 15.0. The highest BCUT2D eigenvalue weighted by atomic mass is 79.9. The van der Waals surface area contributed by atoms with Gasteiger partial charge in [-0.25, -0.2) is 4.98 Å². The van der Waals surface area contributed by atoms with Crippen molar-refractivity contribution >= 4 is 32.4 Å². The van der Waals surface area contributed by atoms with Gasteiger partial charge in [0.2, 0.25) is 0 Å². The molecular weight excluding hydrogens is 350 g/mol. The average molecular weight is 368 g/mol. The van der Waals surface area contributed by atoms with Crippen LogP contribution in [0.2, 0.25) is 0 Å². The minimum Gasteiger partial charge on any atom is -0.375 e. The number of benzene rings is 1. The zero-order valence-corrected chi connectivity index (χ0v) is 14.2. The number of nitrogens with zero attached hydrogens (tertiary/aromatic N) is 2. The molecule has 0 bridgehead atoms. The summed E-state index contributed by atoms with van der Waals surface area (Å²) in [6.07, 6.45) is 1.98. The summed E-state index contributed by atoms with van der Waals surface area (Å²) in [4.78, 5) is 7.77. The zero-order valence-electron chi connectivity index (χ0n) is 11.8. The van der Waals surface area contributed by atoms with E-state index in [0.717, 1.165) is 24.2 Å². The van der Waals surface area contributed by atoms with Gasteiger partial charge in [0.25, 0.3) is 0 Å². The molecule has 0 aliphatic carbocycles. The summed E-state index contributed by atoms with van der Waals surface area (Å²) in [5.41, 5.74) is 6.93. The summed E-state index contributed by atoms with van der Waals surface area (Å²) in [6.45, 7) is 4.79. The van der Waals surface area contributed by atoms with Gasteiger partial charge in [-0.15, -0.1) is 11.3 Å². The van der Waals surface area contributed by atoms with E-state index in [4.69, 9.17) is 10.5 Å². The van der Waals surface area contributed by atoms with Crippen molar-refractivity contribution in [2.75, 3.05) is 18.9 Å². The lowest BCUT2D eigenvalue weighted by atomic mass is 10.0. The summed E-state index contributed by atoms with van der Waals surface area (Å²) in [5.74, 6) is 0. The molecular formula is C15H18BrN3OS. The second kappa shape index (κ2) is 6.44. The third kappa shape index (κ3) is 3.45. The number of anilines is 1. The Hall–Kier alpha value is -0.950. The molecule has 3 rings (SSSR count). The summed E-state index contributed by atoms with van der Waals surface area (Å²) in [7, 11) is 0. The molecule has 0 amide bonds. The largest absolute Gasteiger partial charge is 0.375 e. The van der Waals surface area contributed by atoms with Crippen LogP contribution in [0.15, 0.2) is 34.9 Å². The first-order chi connectivity index (χ1) is 10.1. The molecule has 1 aliphatic rings. The molecule has 112 valence electrons. The fourth-order valence-corrected chi connectivity index (χ4v) is 3.65. The first-order valence-electron chi connectivity index (χ1n) is 6.95. The molecule has 1 fully saturated rings. The van der Waals surface area contributed by atoms with Gasteiger partial charge in [0, 0.05) is 34.7 Å². The van der Waals surface area contributed by atoms with E-state index in [1.54, 1.807) is 11.3 Å². The van der Waals surface area contributed by atoms with Crippen molar-refractivity contribution in [3.8, 4) is 0 Å². The molecule has 1 aliphatic heterocycles. The Morgan fingerprint density at radius 2 is 2.19 bits per heavy atom. The standard InChI is InChI=1S/C15H18BrN3OS/c1-10-14(11-2-4-12(16)5-3-11)20-7-6-19(10)9-13-8-18-15(17)21-13/h2-5,8,10,14H,6-7,9H2,1H3,(H2,17,18). The fourth-order valence-electron chi connectivity index (χ4n) is 2.68. The molecule has 2 unspecified atom stereocenters. The fraction of sp³-hybridized carbons (Fsp3) is 0.400. The van der Waals surface area contributed by atoms with Crippen molar-refractivity contribution in [2.24, 2.45) is 0 Å². The predicted octanol–water partition coefficient (Wildman–Crippen LogP) is 3.45. The molecule has 6 heteroatoms. The van der Waals surface area contributed by atoms with Gasteiger partial charge in [-0.2, -0.15) is 0 Å². The van der Waals surface area contributed by atoms with E-state index in [0.29, 0.717) is 11.2 Å². The zero-order chi connectivity index (χ0) is 14.8. The Morgan fingerprint density at radius 1 is 1.43 bits per heavy atom. The highest BCUT2D eigenvalue weighted by molar-refractivity contribution is 9.10. The average Bonchev–Trinajstić information content (AvgIpc) is 2.88. The van der Waals surface area contributed by atoms with Gasteiger partial charge in [0.05, 0.1) is 12.7 Å². The lowest BCUT2D eigenvalue weighted by molar-refractivity contribution is -0.0699. The molecule has 0 radical (unpaired) electrons. The maximum Gasteiger partial charge on any atom is 0.180 e. The van der Waals surface area contributed by atoms with Crippen LogP contribution >= 0.6 is 27.3 Å². The van der Waals surface area contributed by atoms with E-state index in [2.05, 4.69) is 57.0 Å². The summed E-state index contributed by atoms with van der Waals surface area (Å²) >= 11 is 5.03. The molecule has 0 spiro atoms. The number of thiazole rings is 1. The number of nitrogens with two attached hydrogens (primary N) is 1. The van der Waals surface area contributed by atoms with E-state index in [1.807, 2.05) is 6.20 Å². The van der Waals surface area contributed by atoms with E-state index >= 15 is 0 Å². The third-order valence-electron chi connectivity index (χ3n) is 3.82. The monoisotopic (exact) mass is 367 g/mol. The molecule has 1 saturated heterocycles. The number of ether oxygens (including phenoxy) is 1. The number of rotatable bonds is 3. The smallest absolute Gasteiger partial charge is 0.180 e. The highest BCUT2D eigenvalue weighted by Gasteiger charge is 2.30. The summed E-state index contributed by atoms with van der Waals surface area (Å²) in [6, 6.07) is 8.70. The van der Waals surface area contributed by atoms with E-state index in [9.17, 15) is 0 Å². The van der Waals surface area contributed by atoms with Gasteiger partial charge < -0.3 is 10.5 Å². The van der Waals surface area contributed by atoms with Crippen molar-refractivity contribution in [3.05, 3.63) is 45.4 Å². The van der Waals surface area contributed by atoms with Gasteiger partial charge in [0.15, 0.2) is 5.13 Å². The van der Waals surface area contributed by atoms with Crippen LogP contribution in [0.5, 0.6) is 0 Å². The van der Waals surface area contributed by atoms with Gasteiger partial charge in [-0.1, -0.05) is 28.1 Å². The van der Waals surface area contributed by atoms with E-state index in [-0.39, 0.29) is 6.10 Å². The molecule has 0 saturated carbocycles. The Bertz CT molecular complexity index is 601. The predicted molar refractivity (Wildman–Crippen MR) is 89.2 cm³/mol. The van der Waals surface area contributed by atoms with Crippen LogP contribution in [0.4, 0.5) is 5.13 Å². The van der Waals surface area contributed by atoms with Crippen LogP contribution in [0.1, 0.15) is 23.5 Å². The van der Waals surface area contributed by atoms with Gasteiger partial charge in [-0.3, -0.25) is 4.90 Å². The molecule has 4 nitrogen and oxygen atoms in total. The Labute approximate surface area is 137 Å². The van der Waals surface area contributed by atoms with Crippen molar-refractivity contribution in [1.82, 2.24) is 9.88 Å². The minimum atomic E-state index is 0.108. The Kier molecular flexibility index (Phi) is 4.59. The molecule has 2 N–H and O–H groups in total. The van der Waals surface area contributed by atoms with Crippen molar-refractivity contribution < 1.29 is 4.74 Å². The normalized spacial score (nSPS) is 23.3. The van der Waals surface area contributed by atoms with Gasteiger partial charge in [0.1, 0.15) is 0 Å². The molecule has 21 heavy (non-hydrogen) atoms. The molecule has 1 aromatic heterocycles. The second-order valence-corrected chi connectivity index (χ2v) is 7.28. The highest BCUT2D eigenvalue weighted by Crippen LogP contribution is 2.30. The lowest BCUT2D eigenvalue weighted by Gasteiger charge is -2.39. The van der Waals surface area contributed by atoms with Crippen molar-refractivity contribution in [3.63, 3.8) is 0 Å². The van der Waals surface area contributed by atoms with E-state index < -0.39 is 0 Å². The number of morpholine rings is 1. The Morgan fingerprint density at radius 3 is 2.86 bits per heavy atom.